The molecule has 0 bridgehead atoms. The van der Waals surface area contributed by atoms with E-state index in [4.69, 9.17) is 14.7 Å². The second kappa shape index (κ2) is 16.9. The van der Waals surface area contributed by atoms with E-state index in [2.05, 4.69) is 15.6 Å². The average Bonchev–Trinajstić information content (AvgIpc) is 3.59. The third-order valence-corrected chi connectivity index (χ3v) is 10.5. The van der Waals surface area contributed by atoms with E-state index in [1.54, 1.807) is 0 Å². The quantitative estimate of drug-likeness (QED) is 0.0812. The second-order valence-corrected chi connectivity index (χ2v) is 15.1. The molecule has 2 saturated heterocycles. The Hall–Kier alpha value is -7.97. The minimum Gasteiger partial charge on any atom is -0.492 e. The number of alkyl halides is 6. The Morgan fingerprint density at radius 2 is 1.56 bits per heavy atom. The highest BCUT2D eigenvalue weighted by Crippen LogP contribution is 2.44. The van der Waals surface area contributed by atoms with E-state index in [1.165, 1.54) is 24.3 Å². The third kappa shape index (κ3) is 8.29. The number of nitriles is 1. The van der Waals surface area contributed by atoms with Crippen molar-refractivity contribution in [1.29, 1.82) is 5.26 Å². The fourth-order valence-corrected chi connectivity index (χ4v) is 7.45. The van der Waals surface area contributed by atoms with Crippen molar-refractivity contribution in [2.45, 2.75) is 50.6 Å². The van der Waals surface area contributed by atoms with Crippen LogP contribution in [0.25, 0.3) is 11.3 Å². The number of carbonyl (C=O) groups excluding carboxylic acids is 7. The number of aromatic nitrogens is 1. The first-order valence-electron chi connectivity index (χ1n) is 19.2. The predicted molar refractivity (Wildman–Crippen MR) is 207 cm³/mol. The number of benzene rings is 3. The van der Waals surface area contributed by atoms with Gasteiger partial charge >= 0.3 is 18.4 Å². The maximum Gasteiger partial charge on any atom is 0.420 e. The number of hydrogen-bond acceptors (Lipinski definition) is 11. The number of rotatable bonds is 11. The Morgan fingerprint density at radius 1 is 0.894 bits per heavy atom. The largest absolute Gasteiger partial charge is 0.492 e. The molecule has 1 unspecified atom stereocenters. The summed E-state index contributed by atoms with van der Waals surface area (Å²) in [7, 11) is 0. The monoisotopic (exact) mass is 927 g/mol. The van der Waals surface area contributed by atoms with Gasteiger partial charge in [-0.1, -0.05) is 0 Å². The van der Waals surface area contributed by atoms with Crippen LogP contribution in [-0.4, -0.2) is 82.7 Å². The number of fused-ring (bicyclic) bond motifs is 1. The Labute approximate surface area is 365 Å². The zero-order chi connectivity index (χ0) is 48.2. The van der Waals surface area contributed by atoms with Gasteiger partial charge in [-0.15, -0.1) is 0 Å². The number of halogens is 8. The molecule has 3 aliphatic rings. The normalized spacial score (nSPS) is 17.2. The second-order valence-electron chi connectivity index (χ2n) is 15.1. The number of carbonyl (C=O) groups is 7. The van der Waals surface area contributed by atoms with Crippen molar-refractivity contribution in [3.8, 4) is 28.8 Å². The molecule has 342 valence electrons. The van der Waals surface area contributed by atoms with E-state index < -0.39 is 123 Å². The van der Waals surface area contributed by atoms with E-state index in [1.807, 2.05) is 0 Å². The summed E-state index contributed by atoms with van der Waals surface area (Å²) >= 11 is 0. The Kier molecular flexibility index (Phi) is 11.8. The van der Waals surface area contributed by atoms with Crippen molar-refractivity contribution in [1.82, 2.24) is 20.5 Å². The van der Waals surface area contributed by atoms with Crippen LogP contribution in [0, 0.1) is 23.0 Å². The number of imide groups is 3. The molecule has 0 radical (unpaired) electrons. The zero-order valence-electron chi connectivity index (χ0n) is 33.8. The highest BCUT2D eigenvalue weighted by Gasteiger charge is 2.54. The van der Waals surface area contributed by atoms with Crippen LogP contribution in [0.1, 0.15) is 64.1 Å². The van der Waals surface area contributed by atoms with Crippen LogP contribution >= 0.6 is 0 Å². The molecule has 3 aliphatic heterocycles. The minimum atomic E-state index is -5.42. The van der Waals surface area contributed by atoms with Crippen LogP contribution in [-0.2, 0) is 31.5 Å². The van der Waals surface area contributed by atoms with Crippen molar-refractivity contribution in [2.75, 3.05) is 29.6 Å². The molecule has 24 heteroatoms. The molecular weight excluding hydrogens is 898 g/mol. The van der Waals surface area contributed by atoms with E-state index in [0.29, 0.717) is 29.2 Å². The number of pyridine rings is 1. The number of urea groups is 1. The van der Waals surface area contributed by atoms with Crippen LogP contribution in [0.15, 0.2) is 60.8 Å². The summed E-state index contributed by atoms with van der Waals surface area (Å²) in [5, 5.41) is 13.6. The van der Waals surface area contributed by atoms with Gasteiger partial charge in [-0.25, -0.2) is 18.5 Å². The third-order valence-electron chi connectivity index (χ3n) is 10.5. The lowest BCUT2D eigenvalue weighted by molar-refractivity contribution is -0.140. The van der Waals surface area contributed by atoms with Crippen molar-refractivity contribution < 1.29 is 78.2 Å². The van der Waals surface area contributed by atoms with Gasteiger partial charge in [0.15, 0.2) is 18.2 Å². The molecule has 7 rings (SSSR count). The Bertz CT molecular complexity index is 2830. The smallest absolute Gasteiger partial charge is 0.420 e. The summed E-state index contributed by atoms with van der Waals surface area (Å²) in [6, 6.07) is 6.41. The van der Waals surface area contributed by atoms with Gasteiger partial charge < -0.3 is 14.8 Å². The SMILES string of the molecule is CC1(C)C(=O)N(c2ccc(C#N)c(C(F)(F)F)c2F)C(=O)N1c1cnc(-c2ccc(OCCNC(=O)COc3ccc4c(c3)C(=O)N(C3CCC(=O)NC3=O)C4=O)cc2C(F)(F)F)c(F)c1. The lowest BCUT2D eigenvalue weighted by Gasteiger charge is -2.27. The van der Waals surface area contributed by atoms with Crippen LogP contribution in [0.2, 0.25) is 0 Å². The fourth-order valence-electron chi connectivity index (χ4n) is 7.45. The molecule has 4 heterocycles. The summed E-state index contributed by atoms with van der Waals surface area (Å²) in [6.07, 6.45) is -9.95. The van der Waals surface area contributed by atoms with Gasteiger partial charge in [0.1, 0.15) is 40.9 Å². The standard InChI is InChI=1S/C42H29F8N7O9/c1-40(2)38(63)56(28-8-3-19(16-51)32(33(28)44)42(48,49)50)39(64)57(40)20-13-27(43)34(53-17-20)24-7-5-22(15-26(24)41(45,46)47)65-12-11-52-31(59)18-66-21-4-6-23-25(14-21)37(62)55(36(23)61)29-9-10-30(58)54-35(29)60/h3-8,13-15,17,29H,9-12,18H2,1-2H3,(H,52,59)(H,54,58,60). The highest BCUT2D eigenvalue weighted by molar-refractivity contribution is 6.30. The number of ether oxygens (including phenoxy) is 2. The van der Waals surface area contributed by atoms with Gasteiger partial charge in [-0.2, -0.15) is 31.6 Å². The van der Waals surface area contributed by atoms with E-state index in [9.17, 15) is 59.9 Å². The summed E-state index contributed by atoms with van der Waals surface area (Å²) in [4.78, 5) is 94.3. The zero-order valence-corrected chi connectivity index (χ0v) is 33.8. The van der Waals surface area contributed by atoms with Crippen LogP contribution in [0.3, 0.4) is 0 Å². The average molecular weight is 928 g/mol. The number of nitrogens with zero attached hydrogens (tertiary/aromatic N) is 5. The van der Waals surface area contributed by atoms with Gasteiger partial charge in [-0.3, -0.25) is 48.9 Å². The molecule has 2 fully saturated rings. The first-order valence-corrected chi connectivity index (χ1v) is 19.2. The summed E-state index contributed by atoms with van der Waals surface area (Å²) in [5.41, 5.74) is -10.1. The number of amides is 8. The molecule has 66 heavy (non-hydrogen) atoms. The molecule has 1 aromatic heterocycles. The molecule has 0 aliphatic carbocycles. The van der Waals surface area contributed by atoms with Crippen molar-refractivity contribution in [3.63, 3.8) is 0 Å². The maximum atomic E-state index is 15.8. The number of hydrogen-bond donors (Lipinski definition) is 2. The van der Waals surface area contributed by atoms with Gasteiger partial charge in [0.05, 0.1) is 52.4 Å². The molecule has 4 aromatic rings. The Balaban J connectivity index is 0.990. The van der Waals surface area contributed by atoms with Crippen LogP contribution in [0.5, 0.6) is 11.5 Å². The summed E-state index contributed by atoms with van der Waals surface area (Å²) < 4.78 is 126. The van der Waals surface area contributed by atoms with Crippen LogP contribution in [0.4, 0.5) is 51.3 Å². The van der Waals surface area contributed by atoms with Gasteiger partial charge in [0.2, 0.25) is 11.8 Å². The number of piperidine rings is 1. The molecular formula is C42H29F8N7O9. The maximum absolute atomic E-state index is 15.8. The Morgan fingerprint density at radius 3 is 2.20 bits per heavy atom. The number of nitrogens with one attached hydrogen (secondary N) is 2. The van der Waals surface area contributed by atoms with Crippen LogP contribution < -0.4 is 29.9 Å². The molecule has 2 N–H and O–H groups in total. The fraction of sp³-hybridized carbons (Fsp3) is 0.262. The topological polar surface area (TPSA) is 208 Å². The lowest BCUT2D eigenvalue weighted by Crippen LogP contribution is -2.54. The predicted octanol–water partition coefficient (Wildman–Crippen LogP) is 5.66. The van der Waals surface area contributed by atoms with E-state index in [0.717, 1.165) is 37.1 Å². The number of anilines is 2. The van der Waals surface area contributed by atoms with Crippen molar-refractivity contribution >= 4 is 52.8 Å². The molecule has 0 spiro atoms. The van der Waals surface area contributed by atoms with E-state index >= 15 is 8.78 Å². The lowest BCUT2D eigenvalue weighted by atomic mass is 10.0. The van der Waals surface area contributed by atoms with Gasteiger partial charge in [0, 0.05) is 18.1 Å². The van der Waals surface area contributed by atoms with Gasteiger partial charge in [-0.05, 0) is 68.8 Å². The van der Waals surface area contributed by atoms with E-state index in [-0.39, 0.29) is 53.5 Å². The summed E-state index contributed by atoms with van der Waals surface area (Å²) in [6.45, 7) is 0.940. The summed E-state index contributed by atoms with van der Waals surface area (Å²) in [5.74, 6) is -8.81. The molecule has 16 nitrogen and oxygen atoms in total. The highest BCUT2D eigenvalue weighted by atomic mass is 19.4. The van der Waals surface area contributed by atoms with Gasteiger partial charge in [0.25, 0.3) is 23.6 Å². The van der Waals surface area contributed by atoms with Crippen molar-refractivity contribution in [2.24, 2.45) is 0 Å². The molecule has 1 atom stereocenters. The molecule has 3 aromatic carbocycles. The molecule has 8 amide bonds. The first-order chi connectivity index (χ1) is 30.9. The minimum absolute atomic E-state index is 0.00391. The first kappa shape index (κ1) is 46.0. The molecule has 0 saturated carbocycles. The van der Waals surface area contributed by atoms with Crippen molar-refractivity contribution in [3.05, 3.63) is 100 Å².